The SMILES string of the molecule is CC1CN2CCCC2CN1CC=CCN. The van der Waals surface area contributed by atoms with Crippen LogP contribution >= 0.6 is 0 Å². The van der Waals surface area contributed by atoms with Gasteiger partial charge < -0.3 is 5.73 Å². The minimum atomic E-state index is 0.664. The maximum atomic E-state index is 5.45. The lowest BCUT2D eigenvalue weighted by Crippen LogP contribution is -2.54. The van der Waals surface area contributed by atoms with Crippen molar-refractivity contribution in [3.8, 4) is 0 Å². The summed E-state index contributed by atoms with van der Waals surface area (Å²) in [4.78, 5) is 5.24. The molecule has 0 aromatic heterocycles. The number of piperazine rings is 1. The monoisotopic (exact) mass is 209 g/mol. The van der Waals surface area contributed by atoms with Crippen LogP contribution < -0.4 is 5.73 Å². The van der Waals surface area contributed by atoms with Crippen LogP contribution in [0.25, 0.3) is 0 Å². The molecule has 2 aliphatic rings. The van der Waals surface area contributed by atoms with Crippen LogP contribution in [-0.4, -0.2) is 54.6 Å². The Morgan fingerprint density at radius 2 is 2.20 bits per heavy atom. The highest BCUT2D eigenvalue weighted by atomic mass is 15.3. The summed E-state index contributed by atoms with van der Waals surface area (Å²) in [5, 5.41) is 0. The Kier molecular flexibility index (Phi) is 3.78. The van der Waals surface area contributed by atoms with Crippen LogP contribution in [-0.2, 0) is 0 Å². The molecule has 0 spiro atoms. The maximum absolute atomic E-state index is 5.45. The second-order valence-electron chi connectivity index (χ2n) is 4.80. The fourth-order valence-electron chi connectivity index (χ4n) is 2.81. The van der Waals surface area contributed by atoms with Crippen molar-refractivity contribution < 1.29 is 0 Å². The molecule has 3 heteroatoms. The van der Waals surface area contributed by atoms with Gasteiger partial charge in [-0.2, -0.15) is 0 Å². The molecule has 0 aliphatic carbocycles. The summed E-state index contributed by atoms with van der Waals surface area (Å²) in [5.41, 5.74) is 5.45. The lowest BCUT2D eigenvalue weighted by atomic mass is 10.1. The van der Waals surface area contributed by atoms with Crippen LogP contribution in [0.5, 0.6) is 0 Å². The van der Waals surface area contributed by atoms with Gasteiger partial charge in [0.15, 0.2) is 0 Å². The van der Waals surface area contributed by atoms with E-state index in [0.717, 1.165) is 12.6 Å². The van der Waals surface area contributed by atoms with Crippen LogP contribution in [0.15, 0.2) is 12.2 Å². The topological polar surface area (TPSA) is 32.5 Å². The largest absolute Gasteiger partial charge is 0.327 e. The number of nitrogens with zero attached hydrogens (tertiary/aromatic N) is 2. The van der Waals surface area contributed by atoms with E-state index in [1.54, 1.807) is 0 Å². The second kappa shape index (κ2) is 5.10. The maximum Gasteiger partial charge on any atom is 0.0224 e. The summed E-state index contributed by atoms with van der Waals surface area (Å²) >= 11 is 0. The predicted octanol–water partition coefficient (Wildman–Crippen LogP) is 0.670. The van der Waals surface area contributed by atoms with Gasteiger partial charge in [-0.25, -0.2) is 0 Å². The van der Waals surface area contributed by atoms with Gasteiger partial charge in [-0.3, -0.25) is 9.80 Å². The zero-order valence-electron chi connectivity index (χ0n) is 9.73. The number of nitrogens with two attached hydrogens (primary N) is 1. The van der Waals surface area contributed by atoms with Crippen molar-refractivity contribution in [2.75, 3.05) is 32.7 Å². The summed E-state index contributed by atoms with van der Waals surface area (Å²) in [6.45, 7) is 7.89. The van der Waals surface area contributed by atoms with E-state index in [1.807, 2.05) is 0 Å². The second-order valence-corrected chi connectivity index (χ2v) is 4.80. The fourth-order valence-corrected chi connectivity index (χ4v) is 2.81. The molecule has 0 aromatic carbocycles. The summed E-state index contributed by atoms with van der Waals surface area (Å²) in [5.74, 6) is 0. The zero-order chi connectivity index (χ0) is 10.7. The molecule has 2 fully saturated rings. The van der Waals surface area contributed by atoms with Gasteiger partial charge in [0.1, 0.15) is 0 Å². The minimum absolute atomic E-state index is 0.664. The van der Waals surface area contributed by atoms with Gasteiger partial charge in [-0.15, -0.1) is 0 Å². The lowest BCUT2D eigenvalue weighted by molar-refractivity contribution is 0.0684. The quantitative estimate of drug-likeness (QED) is 0.693. The Balaban J connectivity index is 1.86. The average Bonchev–Trinajstić information content (AvgIpc) is 2.65. The molecular formula is C12H23N3. The van der Waals surface area contributed by atoms with Crippen LogP contribution in [0.4, 0.5) is 0 Å². The Labute approximate surface area is 92.9 Å². The summed E-state index contributed by atoms with van der Waals surface area (Å²) in [6.07, 6.45) is 7.06. The molecular weight excluding hydrogens is 186 g/mol. The van der Waals surface area contributed by atoms with Gasteiger partial charge in [0, 0.05) is 38.3 Å². The third-order valence-electron chi connectivity index (χ3n) is 3.71. The molecule has 2 saturated heterocycles. The molecule has 0 aromatic rings. The van der Waals surface area contributed by atoms with Crippen LogP contribution in [0.3, 0.4) is 0 Å². The van der Waals surface area contributed by atoms with Crippen molar-refractivity contribution in [3.05, 3.63) is 12.2 Å². The molecule has 0 radical (unpaired) electrons. The van der Waals surface area contributed by atoms with Crippen molar-refractivity contribution in [3.63, 3.8) is 0 Å². The zero-order valence-corrected chi connectivity index (χ0v) is 9.73. The third kappa shape index (κ3) is 2.60. The molecule has 3 nitrogen and oxygen atoms in total. The Morgan fingerprint density at radius 1 is 1.33 bits per heavy atom. The standard InChI is InChI=1S/C12H23N3/c1-11-9-15-8-4-5-12(15)10-14(11)7-3-2-6-13/h2-3,11-12H,4-10,13H2,1H3. The first-order chi connectivity index (χ1) is 7.31. The summed E-state index contributed by atoms with van der Waals surface area (Å²) in [6, 6.07) is 1.52. The van der Waals surface area contributed by atoms with Gasteiger partial charge in [-0.1, -0.05) is 12.2 Å². The smallest absolute Gasteiger partial charge is 0.0224 e. The van der Waals surface area contributed by atoms with E-state index in [2.05, 4.69) is 28.9 Å². The Morgan fingerprint density at radius 3 is 3.00 bits per heavy atom. The number of hydrogen-bond acceptors (Lipinski definition) is 3. The van der Waals surface area contributed by atoms with Crippen molar-refractivity contribution >= 4 is 0 Å². The Bertz CT molecular complexity index is 227. The van der Waals surface area contributed by atoms with Crippen molar-refractivity contribution in [1.82, 2.24) is 9.80 Å². The molecule has 2 heterocycles. The van der Waals surface area contributed by atoms with Gasteiger partial charge in [-0.05, 0) is 26.3 Å². The van der Waals surface area contributed by atoms with Gasteiger partial charge in [0.05, 0.1) is 0 Å². The molecule has 2 unspecified atom stereocenters. The van der Waals surface area contributed by atoms with Crippen molar-refractivity contribution in [2.45, 2.75) is 31.8 Å². The van der Waals surface area contributed by atoms with E-state index >= 15 is 0 Å². The number of fused-ring (bicyclic) bond motifs is 1. The minimum Gasteiger partial charge on any atom is -0.327 e. The normalized spacial score (nSPS) is 33.7. The van der Waals surface area contributed by atoms with E-state index < -0.39 is 0 Å². The molecule has 2 rings (SSSR count). The highest BCUT2D eigenvalue weighted by Gasteiger charge is 2.33. The molecule has 2 aliphatic heterocycles. The first kappa shape index (κ1) is 11.1. The van der Waals surface area contributed by atoms with Gasteiger partial charge in [0.2, 0.25) is 0 Å². The summed E-state index contributed by atoms with van der Waals surface area (Å²) in [7, 11) is 0. The Hall–Kier alpha value is -0.380. The van der Waals surface area contributed by atoms with Crippen LogP contribution in [0.2, 0.25) is 0 Å². The van der Waals surface area contributed by atoms with Crippen molar-refractivity contribution in [1.29, 1.82) is 0 Å². The van der Waals surface area contributed by atoms with E-state index in [9.17, 15) is 0 Å². The van der Waals surface area contributed by atoms with E-state index in [0.29, 0.717) is 12.6 Å². The molecule has 0 saturated carbocycles. The average molecular weight is 209 g/mol. The van der Waals surface area contributed by atoms with Gasteiger partial charge >= 0.3 is 0 Å². The van der Waals surface area contributed by atoms with E-state index in [-0.39, 0.29) is 0 Å². The first-order valence-electron chi connectivity index (χ1n) is 6.14. The molecule has 0 amide bonds. The molecule has 15 heavy (non-hydrogen) atoms. The van der Waals surface area contributed by atoms with Crippen LogP contribution in [0, 0.1) is 0 Å². The molecule has 2 atom stereocenters. The summed E-state index contributed by atoms with van der Waals surface area (Å²) < 4.78 is 0. The predicted molar refractivity (Wildman–Crippen MR) is 63.8 cm³/mol. The number of rotatable bonds is 3. The van der Waals surface area contributed by atoms with Crippen molar-refractivity contribution in [2.24, 2.45) is 5.73 Å². The molecule has 2 N–H and O–H groups in total. The van der Waals surface area contributed by atoms with Gasteiger partial charge in [0.25, 0.3) is 0 Å². The molecule has 0 bridgehead atoms. The first-order valence-corrected chi connectivity index (χ1v) is 6.14. The number of hydrogen-bond donors (Lipinski definition) is 1. The molecule has 86 valence electrons. The lowest BCUT2D eigenvalue weighted by Gasteiger charge is -2.41. The third-order valence-corrected chi connectivity index (χ3v) is 3.71. The van der Waals surface area contributed by atoms with E-state index in [1.165, 1.54) is 32.5 Å². The highest BCUT2D eigenvalue weighted by Crippen LogP contribution is 2.24. The van der Waals surface area contributed by atoms with E-state index in [4.69, 9.17) is 5.73 Å². The fraction of sp³-hybridized carbons (Fsp3) is 0.833. The van der Waals surface area contributed by atoms with Crippen LogP contribution in [0.1, 0.15) is 19.8 Å². The highest BCUT2D eigenvalue weighted by molar-refractivity contribution is 4.94.